The first-order valence-corrected chi connectivity index (χ1v) is 14.6. The summed E-state index contributed by atoms with van der Waals surface area (Å²) in [6.07, 6.45) is 5.28. The number of benzene rings is 2. The van der Waals surface area contributed by atoms with Gasteiger partial charge in [0.1, 0.15) is 20.2 Å². The van der Waals surface area contributed by atoms with Crippen LogP contribution in [0.15, 0.2) is 93.0 Å². The van der Waals surface area contributed by atoms with Crippen molar-refractivity contribution in [1.29, 1.82) is 0 Å². The zero-order chi connectivity index (χ0) is 25.8. The van der Waals surface area contributed by atoms with Crippen LogP contribution in [-0.4, -0.2) is 18.9 Å². The number of hydrogen-bond donors (Lipinski definition) is 0. The molecule has 2 aromatic rings. The number of halogens is 8. The van der Waals surface area contributed by atoms with Crippen molar-refractivity contribution in [3.63, 3.8) is 0 Å². The third kappa shape index (κ3) is 4.82. The van der Waals surface area contributed by atoms with Crippen molar-refractivity contribution in [3.05, 3.63) is 114 Å². The van der Waals surface area contributed by atoms with Crippen molar-refractivity contribution in [2.75, 3.05) is 0 Å². The molecule has 0 heterocycles. The first kappa shape index (κ1) is 27.7. The van der Waals surface area contributed by atoms with Gasteiger partial charge in [0.05, 0.1) is 0 Å². The SMILES string of the molecule is O=S(=O)(C1C=C(Cl)C(Cl)(c2ccccc2Cl)C=C1Cl)C1C=C(Cl)C(Cl)(c2ccccc2Cl)C=C1Cl. The van der Waals surface area contributed by atoms with E-state index >= 15 is 0 Å². The Labute approximate surface area is 243 Å². The fraction of sp³-hybridized carbons (Fsp3) is 0.167. The highest BCUT2D eigenvalue weighted by Gasteiger charge is 2.47. The van der Waals surface area contributed by atoms with E-state index < -0.39 is 30.1 Å². The van der Waals surface area contributed by atoms with Gasteiger partial charge in [-0.05, 0) is 36.4 Å². The Hall–Kier alpha value is -0.330. The van der Waals surface area contributed by atoms with Gasteiger partial charge >= 0.3 is 0 Å². The van der Waals surface area contributed by atoms with Gasteiger partial charge in [-0.1, -0.05) is 106 Å². The van der Waals surface area contributed by atoms with Crippen LogP contribution in [-0.2, 0) is 19.6 Å². The van der Waals surface area contributed by atoms with Crippen molar-refractivity contribution in [1.82, 2.24) is 0 Å². The van der Waals surface area contributed by atoms with E-state index in [1.165, 1.54) is 24.3 Å². The molecule has 0 amide bonds. The molecule has 0 saturated carbocycles. The largest absolute Gasteiger partial charge is 0.227 e. The predicted molar refractivity (Wildman–Crippen MR) is 150 cm³/mol. The molecule has 4 unspecified atom stereocenters. The van der Waals surface area contributed by atoms with E-state index in [9.17, 15) is 8.42 Å². The Morgan fingerprint density at radius 3 is 1.29 bits per heavy atom. The summed E-state index contributed by atoms with van der Waals surface area (Å²) in [4.78, 5) is -2.87. The molecule has 0 N–H and O–H groups in total. The highest BCUT2D eigenvalue weighted by Crippen LogP contribution is 2.51. The molecule has 4 atom stereocenters. The number of rotatable bonds is 4. The Bertz CT molecular complexity index is 1330. The predicted octanol–water partition coefficient (Wildman–Crippen LogP) is 9.23. The average molecular weight is 650 g/mol. The lowest BCUT2D eigenvalue weighted by atomic mass is 9.93. The van der Waals surface area contributed by atoms with Gasteiger partial charge in [0, 0.05) is 41.3 Å². The molecular weight excluding hydrogens is 636 g/mol. The highest BCUT2D eigenvalue weighted by atomic mass is 35.5. The van der Waals surface area contributed by atoms with Crippen molar-refractivity contribution < 1.29 is 8.42 Å². The molecule has 0 saturated heterocycles. The van der Waals surface area contributed by atoms with E-state index in [0.717, 1.165) is 0 Å². The van der Waals surface area contributed by atoms with Crippen LogP contribution in [0, 0.1) is 0 Å². The number of alkyl halides is 2. The van der Waals surface area contributed by atoms with E-state index in [1.807, 2.05) is 0 Å². The topological polar surface area (TPSA) is 34.1 Å². The van der Waals surface area contributed by atoms with Crippen LogP contribution in [0.25, 0.3) is 0 Å². The minimum Gasteiger partial charge on any atom is -0.227 e. The first-order valence-electron chi connectivity index (χ1n) is 9.95. The molecule has 0 spiro atoms. The molecule has 35 heavy (non-hydrogen) atoms. The summed E-state index contributed by atoms with van der Waals surface area (Å²) in [6, 6.07) is 13.6. The van der Waals surface area contributed by atoms with Gasteiger partial charge in [0.25, 0.3) is 0 Å². The van der Waals surface area contributed by atoms with Crippen LogP contribution in [0.1, 0.15) is 11.1 Å². The molecular formula is C24H14Cl8O2S. The quantitative estimate of drug-likeness (QED) is 0.310. The van der Waals surface area contributed by atoms with Crippen molar-refractivity contribution >= 4 is 103 Å². The lowest BCUT2D eigenvalue weighted by Gasteiger charge is -2.34. The average Bonchev–Trinajstić information content (AvgIpc) is 2.79. The maximum Gasteiger partial charge on any atom is 0.173 e. The third-order valence-electron chi connectivity index (χ3n) is 5.75. The first-order chi connectivity index (χ1) is 16.3. The van der Waals surface area contributed by atoms with E-state index in [2.05, 4.69) is 0 Å². The molecule has 2 aromatic carbocycles. The number of allylic oxidation sites excluding steroid dienone is 4. The normalized spacial score (nSPS) is 29.1. The third-order valence-corrected chi connectivity index (χ3v) is 11.6. The minimum atomic E-state index is -4.14. The molecule has 2 aliphatic carbocycles. The van der Waals surface area contributed by atoms with Gasteiger partial charge in [0.15, 0.2) is 9.84 Å². The van der Waals surface area contributed by atoms with E-state index in [1.54, 1.807) is 48.5 Å². The summed E-state index contributed by atoms with van der Waals surface area (Å²) in [5.74, 6) is 0. The summed E-state index contributed by atoms with van der Waals surface area (Å²) < 4.78 is 27.4. The van der Waals surface area contributed by atoms with Crippen molar-refractivity contribution in [3.8, 4) is 0 Å². The van der Waals surface area contributed by atoms with Gasteiger partial charge in [-0.25, -0.2) is 8.42 Å². The molecule has 0 bridgehead atoms. The van der Waals surface area contributed by atoms with Crippen LogP contribution in [0.2, 0.25) is 10.0 Å². The van der Waals surface area contributed by atoms with Crippen LogP contribution in [0.3, 0.4) is 0 Å². The zero-order valence-corrected chi connectivity index (χ0v) is 24.2. The second-order valence-electron chi connectivity index (χ2n) is 7.90. The van der Waals surface area contributed by atoms with E-state index in [-0.39, 0.29) is 20.1 Å². The van der Waals surface area contributed by atoms with Crippen LogP contribution in [0.5, 0.6) is 0 Å². The second kappa shape index (κ2) is 10.1. The zero-order valence-electron chi connectivity index (χ0n) is 17.3. The molecule has 2 nitrogen and oxygen atoms in total. The van der Waals surface area contributed by atoms with Gasteiger partial charge in [-0.2, -0.15) is 0 Å². The maximum absolute atomic E-state index is 13.7. The van der Waals surface area contributed by atoms with Gasteiger partial charge in [0.2, 0.25) is 0 Å². The Morgan fingerprint density at radius 2 is 0.943 bits per heavy atom. The molecule has 0 aliphatic heterocycles. The van der Waals surface area contributed by atoms with Crippen LogP contribution >= 0.6 is 92.8 Å². The van der Waals surface area contributed by atoms with Gasteiger partial charge in [-0.15, -0.1) is 23.2 Å². The fourth-order valence-corrected chi connectivity index (χ4v) is 9.05. The number of sulfone groups is 1. The molecule has 184 valence electrons. The smallest absolute Gasteiger partial charge is 0.173 e. The Morgan fingerprint density at radius 1 is 0.600 bits per heavy atom. The van der Waals surface area contributed by atoms with Crippen LogP contribution in [0.4, 0.5) is 0 Å². The molecule has 2 aliphatic rings. The summed E-state index contributed by atoms with van der Waals surface area (Å²) in [5, 5.41) is -2.04. The lowest BCUT2D eigenvalue weighted by molar-refractivity contribution is 0.589. The molecule has 11 heteroatoms. The minimum absolute atomic E-state index is 0.0268. The lowest BCUT2D eigenvalue weighted by Crippen LogP contribution is -2.37. The Kier molecular flexibility index (Phi) is 7.99. The Balaban J connectivity index is 1.74. The number of hydrogen-bond acceptors (Lipinski definition) is 2. The van der Waals surface area contributed by atoms with Crippen LogP contribution < -0.4 is 0 Å². The highest BCUT2D eigenvalue weighted by molar-refractivity contribution is 7.93. The molecule has 0 aromatic heterocycles. The van der Waals surface area contributed by atoms with Gasteiger partial charge in [-0.3, -0.25) is 0 Å². The molecule has 4 rings (SSSR count). The van der Waals surface area contributed by atoms with Crippen molar-refractivity contribution in [2.45, 2.75) is 20.2 Å². The summed E-state index contributed by atoms with van der Waals surface area (Å²) in [5.41, 5.74) is 0.924. The van der Waals surface area contributed by atoms with Crippen molar-refractivity contribution in [2.24, 2.45) is 0 Å². The maximum atomic E-state index is 13.7. The summed E-state index contributed by atoms with van der Waals surface area (Å²) in [7, 11) is -4.14. The van der Waals surface area contributed by atoms with Gasteiger partial charge < -0.3 is 0 Å². The molecule has 0 radical (unpaired) electrons. The second-order valence-corrected chi connectivity index (χ2v) is 13.8. The fourth-order valence-electron chi connectivity index (χ4n) is 3.94. The van der Waals surface area contributed by atoms with E-state index in [4.69, 9.17) is 92.8 Å². The summed E-state index contributed by atoms with van der Waals surface area (Å²) >= 11 is 52.2. The monoisotopic (exact) mass is 646 g/mol. The van der Waals surface area contributed by atoms with E-state index in [0.29, 0.717) is 21.2 Å². The summed E-state index contributed by atoms with van der Waals surface area (Å²) in [6.45, 7) is 0. The standard InChI is InChI=1S/C24H14Cl8O2S/c25-15-7-3-1-5-13(15)23(31)11-17(27)19(9-21(23)29)35(33,34)20-10-22(30)24(32,12-18(20)28)14-6-2-4-8-16(14)26/h1-12,19-20H. The molecule has 0 fully saturated rings.